The Morgan fingerprint density at radius 2 is 1.11 bits per heavy atom. The van der Waals surface area contributed by atoms with E-state index in [-0.39, 0.29) is 215 Å². The number of nitrogens with zero attached hydrogens (tertiary/aromatic N) is 4. The van der Waals surface area contributed by atoms with Gasteiger partial charge in [0.15, 0.2) is 50.1 Å². The molecular weight excluding hydrogens is 983 g/mol. The number of nitrogens with one attached hydrogen (secondary N) is 1. The molecule has 0 aliphatic heterocycles. The van der Waals surface area contributed by atoms with E-state index in [1.165, 1.54) is 54.6 Å². The van der Waals surface area contributed by atoms with Gasteiger partial charge in [-0.15, -0.1) is 18.9 Å². The molecule has 4 rings (SSSR count). The Kier molecular flexibility index (Phi) is 30.8. The fourth-order valence-electron chi connectivity index (χ4n) is 4.38. The van der Waals surface area contributed by atoms with E-state index < -0.39 is 59.5 Å². The van der Waals surface area contributed by atoms with Crippen molar-refractivity contribution in [3.63, 3.8) is 0 Å². The number of phenolic OH excluding ortho intramolecular Hbond substituents is 1. The van der Waals surface area contributed by atoms with Crippen LogP contribution >= 0.6 is 36.7 Å². The van der Waals surface area contributed by atoms with Gasteiger partial charge in [-0.25, -0.2) is 25.3 Å². The van der Waals surface area contributed by atoms with Crippen LogP contribution in [0.5, 0.6) is 5.75 Å². The van der Waals surface area contributed by atoms with Gasteiger partial charge in [0.2, 0.25) is 0 Å². The molecule has 24 nitrogen and oxygen atoms in total. The maximum Gasteiger partial charge on any atom is 1.00 e. The number of sulfone groups is 2. The molecule has 0 radical (unpaired) electrons. The number of azo groups is 2. The first-order chi connectivity index (χ1) is 27.2. The normalized spacial score (nSPS) is 11.8. The number of fused-ring (bicyclic) bond motifs is 1. The Labute approximate surface area is 448 Å². The zero-order chi connectivity index (χ0) is 41.5. The van der Waals surface area contributed by atoms with Crippen LogP contribution in [0.3, 0.4) is 0 Å². The largest absolute Gasteiger partial charge is 1.00 e. The molecule has 0 spiro atoms. The number of phenols is 1. The Hall–Kier alpha value is 0.360. The number of hydrogen-bond donors (Lipinski definition) is 2. The van der Waals surface area contributed by atoms with Crippen LogP contribution in [-0.4, -0.2) is 65.5 Å². The molecule has 4 aromatic rings. The van der Waals surface area contributed by atoms with Gasteiger partial charge in [-0.3, -0.25) is 23.5 Å². The van der Waals surface area contributed by atoms with Gasteiger partial charge < -0.3 is 30.7 Å². The van der Waals surface area contributed by atoms with E-state index >= 15 is 0 Å². The van der Waals surface area contributed by atoms with Crippen LogP contribution in [0.4, 0.5) is 28.4 Å². The summed E-state index contributed by atoms with van der Waals surface area (Å²) in [6.07, 6.45) is 0. The van der Waals surface area contributed by atoms with Gasteiger partial charge in [-0.1, -0.05) is 12.1 Å². The van der Waals surface area contributed by atoms with E-state index in [4.69, 9.17) is 8.37 Å². The molecule has 0 heterocycles. The quantitative estimate of drug-likeness (QED) is 0.0125. The monoisotopic (exact) mass is 1000 g/mol. The fraction of sp³-hybridized carbons (Fsp3) is 0.185. The number of anilines is 1. The molecule has 310 valence electrons. The van der Waals surface area contributed by atoms with E-state index in [9.17, 15) is 50.7 Å². The minimum absolute atomic E-state index is 0. The summed E-state index contributed by atoms with van der Waals surface area (Å²) in [5.41, 5.74) is -0.683. The fourth-order valence-corrected chi connectivity index (χ4v) is 8.08. The summed E-state index contributed by atoms with van der Waals surface area (Å²) >= 11 is 0.509. The van der Waals surface area contributed by atoms with Gasteiger partial charge in [0.05, 0.1) is 68.5 Å². The van der Waals surface area contributed by atoms with Crippen molar-refractivity contribution in [1.82, 2.24) is 0 Å². The molecule has 0 aliphatic carbocycles. The second kappa shape index (κ2) is 30.6. The summed E-state index contributed by atoms with van der Waals surface area (Å²) in [5, 5.41) is 70.2. The average molecular weight is 1010 g/mol. The molecule has 0 bridgehead atoms. The van der Waals surface area contributed by atoms with E-state index in [0.29, 0.717) is 0 Å². The van der Waals surface area contributed by atoms with Crippen molar-refractivity contribution >= 4 is 106 Å². The van der Waals surface area contributed by atoms with Crippen molar-refractivity contribution in [1.29, 1.82) is 0 Å². The molecule has 34 heteroatoms. The standard InChI is InChI=1S/C27H27N5O19S6.4Na/c33-27-21-7-8-23(28-16-57(41,42)43)25(31-29-17-3-1-5-19(13-17)55(37,38)11-9-44-53-50-47-35)22(21)15-24(52-49-46-34)26(27)32-30-18-4-2-6-20(14-18)56(39,40)12-10-45-54-51-48-36;;;;/h1-8,13-15,28,33-36H,9-12,16H2,(H,41,42,43);;;;/q;4*+1/p-4. The zero-order valence-corrected chi connectivity index (χ0v) is 44.8. The molecule has 0 fully saturated rings. The molecule has 0 saturated carbocycles. The van der Waals surface area contributed by atoms with Gasteiger partial charge in [-0.05, 0) is 54.6 Å². The van der Waals surface area contributed by atoms with Crippen molar-refractivity contribution < 1.29 is 205 Å². The van der Waals surface area contributed by atoms with Crippen molar-refractivity contribution in [2.45, 2.75) is 14.7 Å². The number of benzene rings is 4. The molecule has 2 N–H and O–H groups in total. The van der Waals surface area contributed by atoms with Crippen LogP contribution in [0.25, 0.3) is 10.8 Å². The van der Waals surface area contributed by atoms with E-state index in [1.54, 1.807) is 0 Å². The summed E-state index contributed by atoms with van der Waals surface area (Å²) in [6, 6.07) is 14.1. The van der Waals surface area contributed by atoms with Crippen LogP contribution in [0.2, 0.25) is 0 Å². The van der Waals surface area contributed by atoms with Crippen LogP contribution in [0, 0.1) is 0 Å². The third kappa shape index (κ3) is 20.0. The topological polar surface area (TPSA) is 350 Å². The first-order valence-electron chi connectivity index (χ1n) is 14.8. The Balaban J connectivity index is 0.00000900. The smallest absolute Gasteiger partial charge is 0.747 e. The Bertz CT molecular complexity index is 2410. The third-order valence-electron chi connectivity index (χ3n) is 6.76. The van der Waals surface area contributed by atoms with Crippen LogP contribution < -0.4 is 139 Å². The second-order valence-corrected chi connectivity index (χ2v) is 17.7. The molecule has 0 unspecified atom stereocenters. The minimum Gasteiger partial charge on any atom is -0.747 e. The molecule has 4 aromatic carbocycles. The van der Waals surface area contributed by atoms with E-state index in [0.717, 1.165) is 12.1 Å². The maximum atomic E-state index is 12.8. The van der Waals surface area contributed by atoms with Gasteiger partial charge in [0.1, 0.15) is 27.4 Å². The van der Waals surface area contributed by atoms with Crippen molar-refractivity contribution in [3.8, 4) is 5.75 Å². The predicted molar refractivity (Wildman–Crippen MR) is 189 cm³/mol. The summed E-state index contributed by atoms with van der Waals surface area (Å²) in [5.74, 6) is -2.80. The molecule has 0 saturated heterocycles. The van der Waals surface area contributed by atoms with Gasteiger partial charge >= 0.3 is 118 Å². The van der Waals surface area contributed by atoms with Crippen LogP contribution in [0.1, 0.15) is 0 Å². The summed E-state index contributed by atoms with van der Waals surface area (Å²) in [7, 11) is -12.8. The van der Waals surface area contributed by atoms with E-state index in [2.05, 4.69) is 53.9 Å². The zero-order valence-electron chi connectivity index (χ0n) is 31.9. The number of hydrogen-bond acceptors (Lipinski definition) is 27. The molecule has 0 aromatic heterocycles. The van der Waals surface area contributed by atoms with Crippen molar-refractivity contribution in [2.24, 2.45) is 20.5 Å². The number of aromatic hydroxyl groups is 1. The molecule has 0 atom stereocenters. The minimum atomic E-state index is -4.84. The first kappa shape index (κ1) is 61.4. The SMILES string of the molecule is O=S(=O)([O-])CNc1ccc2c(O)c(N=Nc3cccc(S(=O)(=O)CCOSOO[O-])c3)c(SOO[O-])cc2c1N=Nc1cccc(S(=O)(=O)CCOSOO[O-])c1.[Na+].[Na+].[Na+].[Na+]. The average Bonchev–Trinajstić information content (AvgIpc) is 3.18. The Morgan fingerprint density at radius 3 is 1.59 bits per heavy atom. The summed E-state index contributed by atoms with van der Waals surface area (Å²) < 4.78 is 107. The second-order valence-electron chi connectivity index (χ2n) is 10.3. The summed E-state index contributed by atoms with van der Waals surface area (Å²) in [4.78, 5) is -0.566. The van der Waals surface area contributed by atoms with Crippen LogP contribution in [-0.2, 0) is 66.3 Å². The first-order valence-corrected chi connectivity index (χ1v) is 21.8. The maximum absolute atomic E-state index is 12.8. The molecular formula is C27H23N5Na4O19S6. The van der Waals surface area contributed by atoms with Gasteiger partial charge in [-0.2, -0.15) is 14.6 Å². The predicted octanol–water partition coefficient (Wildman–Crippen LogP) is -9.31. The van der Waals surface area contributed by atoms with Gasteiger partial charge in [0.25, 0.3) is 0 Å². The van der Waals surface area contributed by atoms with Crippen molar-refractivity contribution in [3.05, 3.63) is 66.7 Å². The van der Waals surface area contributed by atoms with Crippen LogP contribution in [0.15, 0.2) is 102 Å². The summed E-state index contributed by atoms with van der Waals surface area (Å²) in [6.45, 7) is -0.783. The number of rotatable bonds is 24. The molecule has 0 aliphatic rings. The molecule has 61 heavy (non-hydrogen) atoms. The molecule has 0 amide bonds. The van der Waals surface area contributed by atoms with Gasteiger partial charge in [0, 0.05) is 10.8 Å². The Morgan fingerprint density at radius 1 is 0.623 bits per heavy atom. The third-order valence-corrected chi connectivity index (χ3v) is 12.0. The van der Waals surface area contributed by atoms with Crippen molar-refractivity contribution in [2.75, 3.05) is 35.9 Å². The van der Waals surface area contributed by atoms with E-state index in [1.807, 2.05) is 0 Å².